The first-order valence-corrected chi connectivity index (χ1v) is 9.02. The Kier molecular flexibility index (Phi) is 6.64. The lowest BCUT2D eigenvalue weighted by molar-refractivity contribution is -0.136. The molecule has 1 fully saturated rings. The van der Waals surface area contributed by atoms with E-state index in [0.717, 1.165) is 50.0 Å². The Bertz CT molecular complexity index is 576. The molecule has 1 aliphatic carbocycles. The molecule has 1 aromatic carbocycles. The van der Waals surface area contributed by atoms with Gasteiger partial charge in [-0.05, 0) is 57.4 Å². The van der Waals surface area contributed by atoms with Crippen molar-refractivity contribution >= 4 is 23.2 Å². The number of carbonyl (C=O) groups is 2. The maximum Gasteiger partial charge on any atom is 0.313 e. The van der Waals surface area contributed by atoms with Crippen LogP contribution in [-0.4, -0.2) is 30.9 Å². The Balaban J connectivity index is 1.96. The number of amides is 2. The lowest BCUT2D eigenvalue weighted by Gasteiger charge is -2.23. The molecule has 2 rings (SSSR count). The second kappa shape index (κ2) is 8.71. The van der Waals surface area contributed by atoms with Gasteiger partial charge in [-0.2, -0.15) is 0 Å². The molecule has 132 valence electrons. The molecule has 0 radical (unpaired) electrons. The lowest BCUT2D eigenvalue weighted by Crippen LogP contribution is -2.42. The first-order valence-electron chi connectivity index (χ1n) is 9.02. The zero-order valence-corrected chi connectivity index (χ0v) is 15.0. The molecule has 0 aromatic heterocycles. The molecule has 1 saturated carbocycles. The Labute approximate surface area is 144 Å². The van der Waals surface area contributed by atoms with Gasteiger partial charge in [-0.1, -0.05) is 19.3 Å². The molecule has 0 aliphatic heterocycles. The Morgan fingerprint density at radius 2 is 1.75 bits per heavy atom. The summed E-state index contributed by atoms with van der Waals surface area (Å²) in [5, 5.41) is 5.58. The normalized spacial score (nSPS) is 15.0. The first-order chi connectivity index (χ1) is 11.5. The molecule has 5 heteroatoms. The number of hydrogen-bond acceptors (Lipinski definition) is 3. The van der Waals surface area contributed by atoms with E-state index in [1.807, 2.05) is 25.1 Å². The van der Waals surface area contributed by atoms with Crippen LogP contribution < -0.4 is 15.5 Å². The molecule has 5 nitrogen and oxygen atoms in total. The van der Waals surface area contributed by atoms with Crippen molar-refractivity contribution in [2.45, 2.75) is 58.9 Å². The number of aryl methyl sites for hydroxylation is 1. The van der Waals surface area contributed by atoms with Crippen molar-refractivity contribution in [2.24, 2.45) is 0 Å². The lowest BCUT2D eigenvalue weighted by atomic mass is 9.95. The third-order valence-corrected chi connectivity index (χ3v) is 4.73. The van der Waals surface area contributed by atoms with E-state index < -0.39 is 11.8 Å². The van der Waals surface area contributed by atoms with E-state index in [0.29, 0.717) is 5.69 Å². The van der Waals surface area contributed by atoms with Gasteiger partial charge in [0.1, 0.15) is 0 Å². The van der Waals surface area contributed by atoms with E-state index in [1.54, 1.807) is 0 Å². The molecule has 0 spiro atoms. The van der Waals surface area contributed by atoms with Gasteiger partial charge in [0.25, 0.3) is 0 Å². The second-order valence-electron chi connectivity index (χ2n) is 6.43. The fraction of sp³-hybridized carbons (Fsp3) is 0.579. The summed E-state index contributed by atoms with van der Waals surface area (Å²) in [5.74, 6) is -1.12. The van der Waals surface area contributed by atoms with Crippen molar-refractivity contribution in [3.8, 4) is 0 Å². The number of hydrogen-bond donors (Lipinski definition) is 2. The largest absolute Gasteiger partial charge is 0.372 e. The molecular weight excluding hydrogens is 302 g/mol. The van der Waals surface area contributed by atoms with Crippen LogP contribution in [0.25, 0.3) is 0 Å². The van der Waals surface area contributed by atoms with Crippen LogP contribution in [-0.2, 0) is 9.59 Å². The van der Waals surface area contributed by atoms with E-state index in [4.69, 9.17) is 0 Å². The fourth-order valence-electron chi connectivity index (χ4n) is 3.25. The number of benzene rings is 1. The molecule has 1 aromatic rings. The van der Waals surface area contributed by atoms with Crippen molar-refractivity contribution in [1.29, 1.82) is 0 Å². The average molecular weight is 331 g/mol. The van der Waals surface area contributed by atoms with Crippen molar-refractivity contribution in [2.75, 3.05) is 23.3 Å². The number of nitrogens with one attached hydrogen (secondary N) is 2. The Morgan fingerprint density at radius 3 is 2.33 bits per heavy atom. The topological polar surface area (TPSA) is 61.4 Å². The third kappa shape index (κ3) is 4.73. The molecule has 0 heterocycles. The van der Waals surface area contributed by atoms with Gasteiger partial charge in [0.15, 0.2) is 0 Å². The van der Waals surface area contributed by atoms with Crippen LogP contribution >= 0.6 is 0 Å². The van der Waals surface area contributed by atoms with Crippen LogP contribution in [0.2, 0.25) is 0 Å². The summed E-state index contributed by atoms with van der Waals surface area (Å²) in [6.45, 7) is 8.05. The highest BCUT2D eigenvalue weighted by Crippen LogP contribution is 2.23. The van der Waals surface area contributed by atoms with Crippen molar-refractivity contribution in [1.82, 2.24) is 5.32 Å². The zero-order valence-electron chi connectivity index (χ0n) is 15.0. The quantitative estimate of drug-likeness (QED) is 0.814. The maximum absolute atomic E-state index is 12.1. The molecule has 1 aliphatic rings. The zero-order chi connectivity index (χ0) is 17.5. The molecule has 0 bridgehead atoms. The fourth-order valence-corrected chi connectivity index (χ4v) is 3.25. The van der Waals surface area contributed by atoms with Crippen LogP contribution in [0, 0.1) is 6.92 Å². The van der Waals surface area contributed by atoms with Crippen LogP contribution in [0.1, 0.15) is 51.5 Å². The summed E-state index contributed by atoms with van der Waals surface area (Å²) in [4.78, 5) is 26.4. The van der Waals surface area contributed by atoms with E-state index >= 15 is 0 Å². The van der Waals surface area contributed by atoms with Crippen LogP contribution in [0.5, 0.6) is 0 Å². The van der Waals surface area contributed by atoms with E-state index in [1.165, 1.54) is 6.42 Å². The van der Waals surface area contributed by atoms with E-state index in [-0.39, 0.29) is 6.04 Å². The van der Waals surface area contributed by atoms with Crippen molar-refractivity contribution in [3.63, 3.8) is 0 Å². The predicted octanol–water partition coefficient (Wildman–Crippen LogP) is 3.23. The highest BCUT2D eigenvalue weighted by atomic mass is 16.2. The van der Waals surface area contributed by atoms with Gasteiger partial charge >= 0.3 is 11.8 Å². The van der Waals surface area contributed by atoms with Gasteiger partial charge in [0, 0.05) is 30.5 Å². The number of anilines is 2. The average Bonchev–Trinajstić information content (AvgIpc) is 2.59. The molecular formula is C19H29N3O2. The Hall–Kier alpha value is -2.04. The molecule has 0 saturated heterocycles. The standard InChI is InChI=1S/C19H29N3O2/c1-4-22(5-2)16-11-12-17(14(3)13-16)21-19(24)18(23)20-15-9-7-6-8-10-15/h11-13,15H,4-10H2,1-3H3,(H,20,23)(H,21,24). The monoisotopic (exact) mass is 331 g/mol. The Morgan fingerprint density at radius 1 is 1.08 bits per heavy atom. The number of rotatable bonds is 5. The molecule has 2 N–H and O–H groups in total. The minimum absolute atomic E-state index is 0.142. The summed E-state index contributed by atoms with van der Waals surface area (Å²) in [6, 6.07) is 6.04. The van der Waals surface area contributed by atoms with Crippen molar-refractivity contribution in [3.05, 3.63) is 23.8 Å². The highest BCUT2D eigenvalue weighted by molar-refractivity contribution is 6.39. The minimum atomic E-state index is -0.584. The van der Waals surface area contributed by atoms with E-state index in [2.05, 4.69) is 29.4 Å². The molecule has 2 amide bonds. The van der Waals surface area contributed by atoms with Gasteiger partial charge < -0.3 is 15.5 Å². The van der Waals surface area contributed by atoms with Gasteiger partial charge in [-0.25, -0.2) is 0 Å². The summed E-state index contributed by atoms with van der Waals surface area (Å²) in [7, 11) is 0. The van der Waals surface area contributed by atoms with Gasteiger partial charge in [-0.3, -0.25) is 9.59 Å². The number of nitrogens with zero attached hydrogens (tertiary/aromatic N) is 1. The first kappa shape index (κ1) is 18.3. The summed E-state index contributed by atoms with van der Waals surface area (Å²) >= 11 is 0. The van der Waals surface area contributed by atoms with Gasteiger partial charge in [0.05, 0.1) is 0 Å². The predicted molar refractivity (Wildman–Crippen MR) is 98.4 cm³/mol. The molecule has 0 unspecified atom stereocenters. The van der Waals surface area contributed by atoms with E-state index in [9.17, 15) is 9.59 Å². The van der Waals surface area contributed by atoms with Gasteiger partial charge in [0.2, 0.25) is 0 Å². The molecule has 0 atom stereocenters. The van der Waals surface area contributed by atoms with Crippen LogP contribution in [0.15, 0.2) is 18.2 Å². The van der Waals surface area contributed by atoms with Gasteiger partial charge in [-0.15, -0.1) is 0 Å². The third-order valence-electron chi connectivity index (χ3n) is 4.73. The van der Waals surface area contributed by atoms with Crippen LogP contribution in [0.3, 0.4) is 0 Å². The van der Waals surface area contributed by atoms with Crippen LogP contribution in [0.4, 0.5) is 11.4 Å². The maximum atomic E-state index is 12.1. The summed E-state index contributed by atoms with van der Waals surface area (Å²) < 4.78 is 0. The smallest absolute Gasteiger partial charge is 0.313 e. The van der Waals surface area contributed by atoms with Crippen molar-refractivity contribution < 1.29 is 9.59 Å². The second-order valence-corrected chi connectivity index (χ2v) is 6.43. The molecule has 24 heavy (non-hydrogen) atoms. The summed E-state index contributed by atoms with van der Waals surface area (Å²) in [6.07, 6.45) is 5.40. The summed E-state index contributed by atoms with van der Waals surface area (Å²) in [5.41, 5.74) is 2.77. The SMILES string of the molecule is CCN(CC)c1ccc(NC(=O)C(=O)NC2CCCCC2)c(C)c1. The highest BCUT2D eigenvalue weighted by Gasteiger charge is 2.21. The number of carbonyl (C=O) groups excluding carboxylic acids is 2. The minimum Gasteiger partial charge on any atom is -0.372 e.